The van der Waals surface area contributed by atoms with Crippen LogP contribution in [0.3, 0.4) is 0 Å². The average Bonchev–Trinajstić information content (AvgIpc) is 2.77. The van der Waals surface area contributed by atoms with Gasteiger partial charge in [0.25, 0.3) is 0 Å². The summed E-state index contributed by atoms with van der Waals surface area (Å²) < 4.78 is 26.1. The zero-order chi connectivity index (χ0) is 24.6. The molecule has 0 bridgehead atoms. The molecule has 0 saturated carbocycles. The molecule has 1 N–H and O–H groups in total. The smallest absolute Gasteiger partial charge is 0.244 e. The number of rotatable bonds is 11. The van der Waals surface area contributed by atoms with Gasteiger partial charge in [-0.05, 0) is 49.6 Å². The number of anilines is 1. The highest BCUT2D eigenvalue weighted by atomic mass is 35.5. The van der Waals surface area contributed by atoms with Crippen molar-refractivity contribution < 1.29 is 18.0 Å². The fourth-order valence-electron chi connectivity index (χ4n) is 3.36. The molecule has 9 heteroatoms. The van der Waals surface area contributed by atoms with E-state index in [1.807, 2.05) is 51.1 Å². The zero-order valence-corrected chi connectivity index (χ0v) is 21.1. The van der Waals surface area contributed by atoms with Gasteiger partial charge in [-0.1, -0.05) is 55.8 Å². The highest BCUT2D eigenvalue weighted by molar-refractivity contribution is 7.92. The quantitative estimate of drug-likeness (QED) is 0.515. The van der Waals surface area contributed by atoms with E-state index < -0.39 is 28.5 Å². The second kappa shape index (κ2) is 12.0. The highest BCUT2D eigenvalue weighted by Crippen LogP contribution is 2.22. The van der Waals surface area contributed by atoms with Gasteiger partial charge in [0.1, 0.15) is 12.6 Å². The molecule has 0 aliphatic rings. The van der Waals surface area contributed by atoms with Gasteiger partial charge in [-0.25, -0.2) is 8.42 Å². The molecule has 0 aliphatic heterocycles. The molecule has 2 rings (SSSR count). The Kier molecular flexibility index (Phi) is 9.73. The molecule has 0 aliphatic carbocycles. The lowest BCUT2D eigenvalue weighted by Gasteiger charge is -2.33. The Morgan fingerprint density at radius 2 is 1.61 bits per heavy atom. The fraction of sp³-hybridized carbons (Fsp3) is 0.417. The zero-order valence-electron chi connectivity index (χ0n) is 19.5. The van der Waals surface area contributed by atoms with Crippen LogP contribution in [0.5, 0.6) is 0 Å². The van der Waals surface area contributed by atoms with Gasteiger partial charge < -0.3 is 10.2 Å². The van der Waals surface area contributed by atoms with E-state index in [1.54, 1.807) is 24.3 Å². The van der Waals surface area contributed by atoms with Gasteiger partial charge in [0, 0.05) is 17.6 Å². The molecule has 0 heterocycles. The summed E-state index contributed by atoms with van der Waals surface area (Å²) >= 11 is 5.94. The minimum absolute atomic E-state index is 0.0400. The van der Waals surface area contributed by atoms with Crippen molar-refractivity contribution in [3.05, 3.63) is 65.2 Å². The Hall–Kier alpha value is -2.58. The molecular weight excluding hydrogens is 462 g/mol. The summed E-state index contributed by atoms with van der Waals surface area (Å²) in [4.78, 5) is 28.0. The van der Waals surface area contributed by atoms with E-state index in [1.165, 1.54) is 4.90 Å². The predicted molar refractivity (Wildman–Crippen MR) is 133 cm³/mol. The van der Waals surface area contributed by atoms with Crippen LogP contribution in [0.2, 0.25) is 5.02 Å². The van der Waals surface area contributed by atoms with Gasteiger partial charge >= 0.3 is 0 Å². The average molecular weight is 494 g/mol. The van der Waals surface area contributed by atoms with E-state index in [2.05, 4.69) is 5.32 Å². The van der Waals surface area contributed by atoms with Crippen LogP contribution in [-0.2, 0) is 26.2 Å². The lowest BCUT2D eigenvalue weighted by Crippen LogP contribution is -2.53. The van der Waals surface area contributed by atoms with Crippen molar-refractivity contribution in [3.8, 4) is 0 Å². The fourth-order valence-corrected chi connectivity index (χ4v) is 4.34. The molecule has 0 unspecified atom stereocenters. The first-order valence-electron chi connectivity index (χ1n) is 10.9. The molecule has 7 nitrogen and oxygen atoms in total. The van der Waals surface area contributed by atoms with Crippen LogP contribution in [0.4, 0.5) is 5.69 Å². The number of carbonyl (C=O) groups excluding carboxylic acids is 2. The first-order chi connectivity index (χ1) is 15.6. The lowest BCUT2D eigenvalue weighted by atomic mass is 10.1. The lowest BCUT2D eigenvalue weighted by molar-refractivity contribution is -0.140. The summed E-state index contributed by atoms with van der Waals surface area (Å²) in [6.45, 7) is 5.46. The van der Waals surface area contributed by atoms with E-state index in [0.29, 0.717) is 17.1 Å². The van der Waals surface area contributed by atoms with E-state index in [9.17, 15) is 18.0 Å². The van der Waals surface area contributed by atoms with E-state index in [0.717, 1.165) is 22.5 Å². The SMILES string of the molecule is CC[C@@H](C)NC(=O)[C@H](CC)N(Cc1ccccc1)C(=O)CN(c1ccc(Cl)cc1)S(C)(=O)=O. The van der Waals surface area contributed by atoms with Crippen LogP contribution in [0.1, 0.15) is 39.2 Å². The number of sulfonamides is 1. The Morgan fingerprint density at radius 3 is 2.12 bits per heavy atom. The van der Waals surface area contributed by atoms with Crippen molar-refractivity contribution in [2.75, 3.05) is 17.1 Å². The van der Waals surface area contributed by atoms with Crippen LogP contribution in [-0.4, -0.2) is 50.0 Å². The molecule has 2 atom stereocenters. The van der Waals surface area contributed by atoms with Crippen molar-refractivity contribution in [2.45, 2.75) is 52.2 Å². The van der Waals surface area contributed by atoms with Crippen LogP contribution in [0.25, 0.3) is 0 Å². The number of nitrogens with one attached hydrogen (secondary N) is 1. The van der Waals surface area contributed by atoms with Gasteiger partial charge in [-0.3, -0.25) is 13.9 Å². The Bertz CT molecular complexity index is 1030. The molecule has 2 aromatic carbocycles. The second-order valence-electron chi connectivity index (χ2n) is 8.00. The summed E-state index contributed by atoms with van der Waals surface area (Å²) in [7, 11) is -3.77. The predicted octanol–water partition coefficient (Wildman–Crippen LogP) is 3.83. The van der Waals surface area contributed by atoms with Gasteiger partial charge in [-0.2, -0.15) is 0 Å². The molecule has 0 spiro atoms. The molecular formula is C24H32ClN3O4S. The monoisotopic (exact) mass is 493 g/mol. The van der Waals surface area contributed by atoms with Gasteiger partial charge in [0.15, 0.2) is 0 Å². The highest BCUT2D eigenvalue weighted by Gasteiger charge is 2.32. The first kappa shape index (κ1) is 26.7. The number of halogens is 1. The summed E-state index contributed by atoms with van der Waals surface area (Å²) in [5, 5.41) is 3.40. The minimum Gasteiger partial charge on any atom is -0.352 e. The summed E-state index contributed by atoms with van der Waals surface area (Å²) in [5.74, 6) is -0.723. The van der Waals surface area contributed by atoms with Crippen LogP contribution in [0, 0.1) is 0 Å². The van der Waals surface area contributed by atoms with E-state index in [-0.39, 0.29) is 18.5 Å². The van der Waals surface area contributed by atoms with Crippen molar-refractivity contribution in [2.24, 2.45) is 0 Å². The number of hydrogen-bond acceptors (Lipinski definition) is 4. The molecule has 0 aromatic heterocycles. The largest absolute Gasteiger partial charge is 0.352 e. The molecule has 0 saturated heterocycles. The van der Waals surface area contributed by atoms with Crippen LogP contribution in [0.15, 0.2) is 54.6 Å². The van der Waals surface area contributed by atoms with E-state index in [4.69, 9.17) is 11.6 Å². The van der Waals surface area contributed by atoms with Crippen molar-refractivity contribution in [1.29, 1.82) is 0 Å². The third-order valence-corrected chi connectivity index (χ3v) is 6.77. The Balaban J connectivity index is 2.39. The second-order valence-corrected chi connectivity index (χ2v) is 10.3. The minimum atomic E-state index is -3.77. The first-order valence-corrected chi connectivity index (χ1v) is 13.2. The maximum Gasteiger partial charge on any atom is 0.244 e. The third-order valence-electron chi connectivity index (χ3n) is 5.38. The maximum atomic E-state index is 13.5. The van der Waals surface area contributed by atoms with Crippen molar-refractivity contribution in [1.82, 2.24) is 10.2 Å². The normalized spacial score (nSPS) is 13.1. The Morgan fingerprint density at radius 1 is 1.00 bits per heavy atom. The number of benzene rings is 2. The Labute approximate surface area is 201 Å². The standard InChI is InChI=1S/C24H32ClN3O4S/c1-5-18(3)26-24(30)22(6-2)27(16-19-10-8-7-9-11-19)23(29)17-28(33(4,31)32)21-14-12-20(25)13-15-21/h7-15,18,22H,5-6,16-17H2,1-4H3,(H,26,30)/t18-,22+/m1/s1. The number of hydrogen-bond donors (Lipinski definition) is 1. The molecule has 33 heavy (non-hydrogen) atoms. The maximum absolute atomic E-state index is 13.5. The van der Waals surface area contributed by atoms with Gasteiger partial charge in [0.2, 0.25) is 21.8 Å². The van der Waals surface area contributed by atoms with Crippen LogP contribution < -0.4 is 9.62 Å². The van der Waals surface area contributed by atoms with Gasteiger partial charge in [0.05, 0.1) is 11.9 Å². The number of amides is 2. The summed E-state index contributed by atoms with van der Waals surface area (Å²) in [5.41, 5.74) is 1.17. The molecule has 2 amide bonds. The van der Waals surface area contributed by atoms with Crippen molar-refractivity contribution >= 4 is 39.1 Å². The number of nitrogens with zero attached hydrogens (tertiary/aromatic N) is 2. The molecule has 2 aromatic rings. The summed E-state index contributed by atoms with van der Waals surface area (Å²) in [6.07, 6.45) is 2.19. The molecule has 0 fully saturated rings. The molecule has 0 radical (unpaired) electrons. The van der Waals surface area contributed by atoms with Crippen molar-refractivity contribution in [3.63, 3.8) is 0 Å². The third kappa shape index (κ3) is 7.75. The topological polar surface area (TPSA) is 86.8 Å². The molecule has 180 valence electrons. The van der Waals surface area contributed by atoms with Gasteiger partial charge in [-0.15, -0.1) is 0 Å². The van der Waals surface area contributed by atoms with Crippen LogP contribution >= 0.6 is 11.6 Å². The summed E-state index contributed by atoms with van der Waals surface area (Å²) in [6, 6.07) is 14.8. The number of carbonyl (C=O) groups is 2. The van der Waals surface area contributed by atoms with E-state index >= 15 is 0 Å².